The van der Waals surface area contributed by atoms with Crippen LogP contribution in [0.5, 0.6) is 0 Å². The van der Waals surface area contributed by atoms with Crippen LogP contribution in [-0.4, -0.2) is 27.6 Å². The van der Waals surface area contributed by atoms with Crippen LogP contribution in [0.4, 0.5) is 5.82 Å². The molecule has 1 aliphatic heterocycles. The fourth-order valence-corrected chi connectivity index (χ4v) is 5.28. The highest BCUT2D eigenvalue weighted by molar-refractivity contribution is 7.13. The molecule has 184 valence electrons. The first-order chi connectivity index (χ1) is 17.5. The number of nitrogens with zero attached hydrogens (tertiary/aromatic N) is 2. The van der Waals surface area contributed by atoms with Crippen LogP contribution < -0.4 is 16.0 Å². The molecular weight excluding hydrogens is 470 g/mol. The molecule has 0 aliphatic carbocycles. The summed E-state index contributed by atoms with van der Waals surface area (Å²) in [4.78, 5) is 26.7. The molecule has 3 unspecified atom stereocenters. The van der Waals surface area contributed by atoms with Crippen molar-refractivity contribution >= 4 is 29.0 Å². The van der Waals surface area contributed by atoms with Gasteiger partial charge in [0.2, 0.25) is 11.8 Å². The normalized spacial score (nSPS) is 19.6. The minimum Gasteiger partial charge on any atom is -0.322 e. The van der Waals surface area contributed by atoms with E-state index in [9.17, 15) is 9.59 Å². The van der Waals surface area contributed by atoms with Crippen molar-refractivity contribution in [3.8, 4) is 21.7 Å². The van der Waals surface area contributed by atoms with Gasteiger partial charge in [0, 0.05) is 12.1 Å². The summed E-state index contributed by atoms with van der Waals surface area (Å²) in [6, 6.07) is 24.0. The standard InChI is InChI=1S/C28H29N5O2S/c1-3-22-18(2)29-28(31-27(22)35)33-25(17-23(32-33)24-10-7-15-36-24)30-26(34)16-19-11-13-21(14-12-19)20-8-5-4-6-9-20/h4-15,17-18,22,28-29H,3,16H2,1-2H3,(H,30,34)(H,31,35). The molecule has 0 radical (unpaired) electrons. The van der Waals surface area contributed by atoms with Crippen molar-refractivity contribution in [2.75, 3.05) is 5.32 Å². The van der Waals surface area contributed by atoms with E-state index >= 15 is 0 Å². The minimum absolute atomic E-state index is 0.0160. The lowest BCUT2D eigenvalue weighted by atomic mass is 9.95. The number of aromatic nitrogens is 2. The quantitative estimate of drug-likeness (QED) is 0.332. The van der Waals surface area contributed by atoms with Gasteiger partial charge in [-0.15, -0.1) is 11.3 Å². The lowest BCUT2D eigenvalue weighted by Crippen LogP contribution is -2.57. The zero-order chi connectivity index (χ0) is 25.1. The summed E-state index contributed by atoms with van der Waals surface area (Å²) in [5, 5.41) is 16.2. The van der Waals surface area contributed by atoms with Crippen LogP contribution in [0, 0.1) is 5.92 Å². The molecule has 0 spiro atoms. The number of thiophene rings is 1. The zero-order valence-corrected chi connectivity index (χ0v) is 21.1. The van der Waals surface area contributed by atoms with E-state index in [1.54, 1.807) is 16.0 Å². The molecule has 3 atom stereocenters. The molecule has 2 aromatic heterocycles. The maximum Gasteiger partial charge on any atom is 0.229 e. The Labute approximate surface area is 214 Å². The molecule has 8 heteroatoms. The maximum absolute atomic E-state index is 13.0. The average Bonchev–Trinajstić information content (AvgIpc) is 3.55. The Bertz CT molecular complexity index is 1330. The van der Waals surface area contributed by atoms with Crippen molar-refractivity contribution in [2.45, 2.75) is 39.0 Å². The monoisotopic (exact) mass is 499 g/mol. The first kappa shape index (κ1) is 24.0. The summed E-state index contributed by atoms with van der Waals surface area (Å²) in [6.07, 6.45) is 0.427. The smallest absolute Gasteiger partial charge is 0.229 e. The average molecular weight is 500 g/mol. The molecule has 0 bridgehead atoms. The Morgan fingerprint density at radius 3 is 2.47 bits per heavy atom. The van der Waals surface area contributed by atoms with Crippen LogP contribution in [-0.2, 0) is 16.0 Å². The Kier molecular flexibility index (Phi) is 6.97. The van der Waals surface area contributed by atoms with Gasteiger partial charge in [0.1, 0.15) is 11.5 Å². The van der Waals surface area contributed by atoms with Gasteiger partial charge in [0.25, 0.3) is 0 Å². The largest absolute Gasteiger partial charge is 0.322 e. The van der Waals surface area contributed by atoms with Crippen LogP contribution in [0.1, 0.15) is 32.1 Å². The summed E-state index contributed by atoms with van der Waals surface area (Å²) >= 11 is 1.57. The molecule has 36 heavy (non-hydrogen) atoms. The Balaban J connectivity index is 1.35. The van der Waals surface area contributed by atoms with Gasteiger partial charge in [-0.3, -0.25) is 14.9 Å². The SMILES string of the molecule is CCC1C(=O)NC(n2nc(-c3cccs3)cc2NC(=O)Cc2ccc(-c3ccccc3)cc2)NC1C. The molecule has 3 heterocycles. The number of rotatable bonds is 7. The topological polar surface area (TPSA) is 88.1 Å². The van der Waals surface area contributed by atoms with E-state index < -0.39 is 6.29 Å². The van der Waals surface area contributed by atoms with Gasteiger partial charge in [0.15, 0.2) is 6.29 Å². The molecule has 2 aromatic carbocycles. The second-order valence-corrected chi connectivity index (χ2v) is 9.95. The van der Waals surface area contributed by atoms with Gasteiger partial charge >= 0.3 is 0 Å². The third kappa shape index (κ3) is 5.10. The second-order valence-electron chi connectivity index (χ2n) is 9.01. The van der Waals surface area contributed by atoms with Gasteiger partial charge < -0.3 is 10.6 Å². The van der Waals surface area contributed by atoms with Crippen LogP contribution in [0.25, 0.3) is 21.7 Å². The van der Waals surface area contributed by atoms with Gasteiger partial charge in [-0.05, 0) is 41.5 Å². The van der Waals surface area contributed by atoms with Crippen LogP contribution in [0.15, 0.2) is 78.2 Å². The van der Waals surface area contributed by atoms with E-state index in [0.717, 1.165) is 33.7 Å². The first-order valence-electron chi connectivity index (χ1n) is 12.2. The van der Waals surface area contributed by atoms with Crippen molar-refractivity contribution in [2.24, 2.45) is 5.92 Å². The van der Waals surface area contributed by atoms with E-state index in [2.05, 4.69) is 28.1 Å². The number of anilines is 1. The van der Waals surface area contributed by atoms with Gasteiger partial charge in [-0.1, -0.05) is 67.6 Å². The molecule has 3 N–H and O–H groups in total. The van der Waals surface area contributed by atoms with Gasteiger partial charge in [-0.2, -0.15) is 5.10 Å². The first-order valence-corrected chi connectivity index (χ1v) is 13.0. The highest BCUT2D eigenvalue weighted by Gasteiger charge is 2.34. The summed E-state index contributed by atoms with van der Waals surface area (Å²) < 4.78 is 1.66. The predicted octanol–water partition coefficient (Wildman–Crippen LogP) is 5.05. The number of hydrogen-bond acceptors (Lipinski definition) is 5. The summed E-state index contributed by atoms with van der Waals surface area (Å²) in [5.41, 5.74) is 3.91. The third-order valence-corrected chi connectivity index (χ3v) is 7.42. The molecule has 7 nitrogen and oxygen atoms in total. The molecule has 1 aliphatic rings. The number of carbonyl (C=O) groups excluding carboxylic acids is 2. The number of nitrogens with one attached hydrogen (secondary N) is 3. The van der Waals surface area contributed by atoms with Crippen LogP contribution >= 0.6 is 11.3 Å². The molecular formula is C28H29N5O2S. The minimum atomic E-state index is -0.551. The number of carbonyl (C=O) groups is 2. The van der Waals surface area contributed by atoms with E-state index in [1.165, 1.54) is 0 Å². The molecule has 1 fully saturated rings. The summed E-state index contributed by atoms with van der Waals surface area (Å²) in [6.45, 7) is 4.00. The van der Waals surface area contributed by atoms with Gasteiger partial charge in [0.05, 0.1) is 17.2 Å². The lowest BCUT2D eigenvalue weighted by Gasteiger charge is -2.35. The summed E-state index contributed by atoms with van der Waals surface area (Å²) in [5.74, 6) is 0.260. The molecule has 0 saturated carbocycles. The number of amides is 2. The maximum atomic E-state index is 13.0. The Morgan fingerprint density at radius 2 is 1.81 bits per heavy atom. The Hall–Kier alpha value is -3.75. The number of hydrogen-bond donors (Lipinski definition) is 3. The fourth-order valence-electron chi connectivity index (χ4n) is 4.59. The Morgan fingerprint density at radius 1 is 1.06 bits per heavy atom. The fraction of sp³-hybridized carbons (Fsp3) is 0.250. The van der Waals surface area contributed by atoms with E-state index in [0.29, 0.717) is 5.82 Å². The van der Waals surface area contributed by atoms with E-state index in [4.69, 9.17) is 5.10 Å². The van der Waals surface area contributed by atoms with Gasteiger partial charge in [-0.25, -0.2) is 4.68 Å². The predicted molar refractivity (Wildman–Crippen MR) is 143 cm³/mol. The molecule has 1 saturated heterocycles. The number of benzene rings is 2. The van der Waals surface area contributed by atoms with Crippen molar-refractivity contribution in [1.29, 1.82) is 0 Å². The van der Waals surface area contributed by atoms with Crippen molar-refractivity contribution < 1.29 is 9.59 Å². The summed E-state index contributed by atoms with van der Waals surface area (Å²) in [7, 11) is 0. The van der Waals surface area contributed by atoms with Crippen molar-refractivity contribution in [1.82, 2.24) is 20.4 Å². The van der Waals surface area contributed by atoms with E-state index in [-0.39, 0.29) is 30.2 Å². The highest BCUT2D eigenvalue weighted by atomic mass is 32.1. The van der Waals surface area contributed by atoms with Crippen molar-refractivity contribution in [3.63, 3.8) is 0 Å². The molecule has 4 aromatic rings. The van der Waals surface area contributed by atoms with Crippen molar-refractivity contribution in [3.05, 3.63) is 83.7 Å². The highest BCUT2D eigenvalue weighted by Crippen LogP contribution is 2.29. The molecule has 5 rings (SSSR count). The molecule has 2 amide bonds. The van der Waals surface area contributed by atoms with Crippen LogP contribution in [0.3, 0.4) is 0 Å². The lowest BCUT2D eigenvalue weighted by molar-refractivity contribution is -0.130. The van der Waals surface area contributed by atoms with E-state index in [1.807, 2.05) is 79.9 Å². The second kappa shape index (κ2) is 10.5. The van der Waals surface area contributed by atoms with Crippen LogP contribution in [0.2, 0.25) is 0 Å². The third-order valence-electron chi connectivity index (χ3n) is 6.53. The zero-order valence-electron chi connectivity index (χ0n) is 20.3.